The number of carboxylic acids is 1. The van der Waals surface area contributed by atoms with Crippen LogP contribution >= 0.6 is 0 Å². The number of nitrogens with zero attached hydrogens (tertiary/aromatic N) is 4. The molecule has 73 heavy (non-hydrogen) atoms. The van der Waals surface area contributed by atoms with E-state index in [1.54, 1.807) is 42.4 Å². The summed E-state index contributed by atoms with van der Waals surface area (Å²) < 4.78 is 4.74. The van der Waals surface area contributed by atoms with Gasteiger partial charge in [-0.3, -0.25) is 19.6 Å². The minimum absolute atomic E-state index is 0. The third-order valence-corrected chi connectivity index (χ3v) is 13.6. The topological polar surface area (TPSA) is 200 Å². The van der Waals surface area contributed by atoms with Gasteiger partial charge in [-0.15, -0.1) is 0 Å². The zero-order valence-electron chi connectivity index (χ0n) is 41.0. The zero-order valence-corrected chi connectivity index (χ0v) is 41.0. The molecule has 4 aromatic carbocycles. The second kappa shape index (κ2) is 29.3. The molecule has 4 N–H and O–H groups in total. The maximum atomic E-state index is 12.9. The zero-order chi connectivity index (χ0) is 48.9. The van der Waals surface area contributed by atoms with Crippen molar-refractivity contribution in [3.05, 3.63) is 202 Å². The Morgan fingerprint density at radius 1 is 0.562 bits per heavy atom. The van der Waals surface area contributed by atoms with E-state index in [4.69, 9.17) is 9.84 Å². The summed E-state index contributed by atoms with van der Waals surface area (Å²) in [5.74, 6) is -0.0563. The van der Waals surface area contributed by atoms with Crippen LogP contribution in [0.25, 0.3) is 0 Å². The predicted molar refractivity (Wildman–Crippen MR) is 279 cm³/mol. The van der Waals surface area contributed by atoms with E-state index in [1.165, 1.54) is 36.7 Å². The molecular weight excluding hydrogens is 916 g/mol. The fourth-order valence-electron chi connectivity index (χ4n) is 9.88. The Kier molecular flexibility index (Phi) is 24.4. The van der Waals surface area contributed by atoms with Crippen LogP contribution < -0.4 is 18.9 Å². The van der Waals surface area contributed by atoms with E-state index in [0.29, 0.717) is 46.6 Å². The van der Waals surface area contributed by atoms with E-state index in [9.17, 15) is 29.4 Å². The number of hydrogen-bond acceptors (Lipinski definition) is 10. The van der Waals surface area contributed by atoms with Crippen LogP contribution in [-0.2, 0) is 30.7 Å². The minimum Gasteiger partial charge on any atom is -0.870 e. The third-order valence-electron chi connectivity index (χ3n) is 13.6. The van der Waals surface area contributed by atoms with Gasteiger partial charge in [0.2, 0.25) is 0 Å². The number of aliphatic hydroxyl groups excluding tert-OH is 2. The summed E-state index contributed by atoms with van der Waals surface area (Å²) in [6, 6.07) is 38.6. The molecule has 2 saturated carbocycles. The van der Waals surface area contributed by atoms with Gasteiger partial charge in [0.15, 0.2) is 0 Å². The van der Waals surface area contributed by atoms with Crippen molar-refractivity contribution in [1.29, 1.82) is 0 Å². The molecule has 8 rings (SSSR count). The molecule has 13 nitrogen and oxygen atoms in total. The number of ether oxygens (including phenoxy) is 1. The van der Waals surface area contributed by atoms with Crippen LogP contribution in [-0.4, -0.2) is 85.5 Å². The van der Waals surface area contributed by atoms with E-state index in [2.05, 4.69) is 9.97 Å². The van der Waals surface area contributed by atoms with Crippen molar-refractivity contribution in [3.63, 3.8) is 0 Å². The maximum absolute atomic E-state index is 12.9. The van der Waals surface area contributed by atoms with Crippen LogP contribution in [0.5, 0.6) is 0 Å². The van der Waals surface area contributed by atoms with Gasteiger partial charge in [0.25, 0.3) is 11.8 Å². The second-order valence-corrected chi connectivity index (χ2v) is 18.7. The van der Waals surface area contributed by atoms with Crippen molar-refractivity contribution >= 4 is 23.8 Å². The average molecular weight is 987 g/mol. The summed E-state index contributed by atoms with van der Waals surface area (Å²) in [5, 5.41) is 30.6. The molecule has 14 heteroatoms. The number of hydrogen-bond donors (Lipinski definition) is 3. The van der Waals surface area contributed by atoms with Crippen LogP contribution in [0.3, 0.4) is 0 Å². The van der Waals surface area contributed by atoms with E-state index in [0.717, 1.165) is 68.1 Å². The molecule has 6 atom stereocenters. The van der Waals surface area contributed by atoms with Gasteiger partial charge in [0, 0.05) is 63.1 Å². The molecule has 0 spiro atoms. The van der Waals surface area contributed by atoms with Crippen molar-refractivity contribution in [3.8, 4) is 0 Å². The number of benzene rings is 4. The normalized spacial score (nSPS) is 17.3. The number of carbonyl (C=O) groups excluding carboxylic acids is 3. The molecule has 0 bridgehead atoms. The Hall–Kier alpha value is -6.46. The van der Waals surface area contributed by atoms with Crippen molar-refractivity contribution in [1.82, 2.24) is 19.8 Å². The Labute approximate surface area is 443 Å². The number of pyridine rings is 2. The first kappa shape index (κ1) is 60.8. The molecule has 6 aromatic rings. The first-order chi connectivity index (χ1) is 33.3. The Balaban J connectivity index is 0.000000365. The number of carboxylic acid groups (broad SMARTS) is 1. The molecular formula is C59H71LiN4O9. The predicted octanol–water partition coefficient (Wildman–Crippen LogP) is 7.68. The van der Waals surface area contributed by atoms with Gasteiger partial charge in [-0.1, -0.05) is 99.8 Å². The number of methoxy groups -OCH3 is 1. The van der Waals surface area contributed by atoms with Crippen LogP contribution in [0.2, 0.25) is 0 Å². The van der Waals surface area contributed by atoms with Crippen LogP contribution in [0, 0.1) is 23.7 Å². The molecule has 0 radical (unpaired) electrons. The molecule has 0 saturated heterocycles. The van der Waals surface area contributed by atoms with Gasteiger partial charge in [-0.25, -0.2) is 9.59 Å². The number of rotatable bonds is 16. The van der Waals surface area contributed by atoms with Gasteiger partial charge in [-0.2, -0.15) is 0 Å². The number of amides is 2. The van der Waals surface area contributed by atoms with Crippen molar-refractivity contribution in [2.75, 3.05) is 21.2 Å². The number of esters is 1. The number of aliphatic hydroxyl groups is 2. The molecule has 2 aliphatic rings. The Morgan fingerprint density at radius 3 is 1.33 bits per heavy atom. The summed E-state index contributed by atoms with van der Waals surface area (Å²) in [5.41, 5.74) is 7.50. The van der Waals surface area contributed by atoms with Gasteiger partial charge >= 0.3 is 30.8 Å². The van der Waals surface area contributed by atoms with Crippen LogP contribution in [0.4, 0.5) is 0 Å². The molecule has 2 amide bonds. The van der Waals surface area contributed by atoms with Crippen molar-refractivity contribution in [2.24, 2.45) is 23.7 Å². The fourth-order valence-corrected chi connectivity index (χ4v) is 9.88. The van der Waals surface area contributed by atoms with E-state index in [1.807, 2.05) is 109 Å². The summed E-state index contributed by atoms with van der Waals surface area (Å²) in [7, 11) is 4.76. The van der Waals surface area contributed by atoms with E-state index in [-0.39, 0.29) is 69.0 Å². The Bertz CT molecular complexity index is 2660. The van der Waals surface area contributed by atoms with Crippen LogP contribution in [0.1, 0.15) is 140 Å². The van der Waals surface area contributed by atoms with E-state index < -0.39 is 24.1 Å². The first-order valence-corrected chi connectivity index (χ1v) is 23.7. The summed E-state index contributed by atoms with van der Waals surface area (Å²) in [6.07, 6.45) is 13.3. The molecule has 2 aromatic heterocycles. The number of aromatic carboxylic acids is 1. The monoisotopic (exact) mass is 987 g/mol. The smallest absolute Gasteiger partial charge is 0.870 e. The fraction of sp³-hybridized carbons (Fsp3) is 0.356. The number of carbonyl (C=O) groups is 4. The van der Waals surface area contributed by atoms with Crippen molar-refractivity contribution in [2.45, 2.75) is 91.5 Å². The van der Waals surface area contributed by atoms with Gasteiger partial charge in [0.1, 0.15) is 0 Å². The van der Waals surface area contributed by atoms with E-state index >= 15 is 0 Å². The molecule has 2 heterocycles. The quantitative estimate of drug-likeness (QED) is 0.0635. The molecule has 382 valence electrons. The molecule has 0 unspecified atom stereocenters. The standard InChI is InChI=1S/C29H32N2O4.C28H30N2O4.2CH4.Li.H2O/c1-31(19-22-16-26(18-30-17-22)29(34)35-2)28(33)24-11-8-20(9-12-24)14-21-10-13-25(15-21)27(32)23-6-4-3-5-7-23;1-30(18-21-15-25(28(33)34)17-29-16-21)27(32)23-10-7-19(8-11-23)13-20-9-12-24(14-20)26(31)22-5-3-2-4-6-22;;;;/h3-9,11-12,16-18,21,25,27,32H,10,13-15,19H2,1-2H3;2-8,10-11,15-17,20,24,26,31H,9,12-14,18H2,1H3,(H,33,34);2*1H4;;1H2/q;;;;+1;/p-1/t21-,25-,27+;20-,24-,26+;;;;/m00..../s1. The number of aromatic nitrogens is 2. The molecule has 0 aliphatic heterocycles. The van der Waals surface area contributed by atoms with Gasteiger partial charge < -0.3 is 35.3 Å². The summed E-state index contributed by atoms with van der Waals surface area (Å²) in [6.45, 7) is 0.619. The minimum atomic E-state index is -1.04. The van der Waals surface area contributed by atoms with Crippen molar-refractivity contribution < 1.29 is 63.6 Å². The second-order valence-electron chi connectivity index (χ2n) is 18.7. The molecule has 2 fully saturated rings. The third kappa shape index (κ3) is 16.8. The largest absolute Gasteiger partial charge is 1.00 e. The van der Waals surface area contributed by atoms with Gasteiger partial charge in [0.05, 0.1) is 30.4 Å². The maximum Gasteiger partial charge on any atom is 1.00 e. The SMILES string of the molecule is C.C.CN(Cc1cncc(C(=O)O)c1)C(=O)c1ccc(C[C@@H]2CC[C@H]([C@H](O)c3ccccc3)C2)cc1.COC(=O)c1cncc(CN(C)C(=O)c2ccc(C[C@@H]3CC[C@H]([C@H](O)c4ccccc4)C3)cc2)c1.[Li+].[OH-]. The Morgan fingerprint density at radius 2 is 0.945 bits per heavy atom. The average Bonchev–Trinajstić information content (AvgIpc) is 4.06. The van der Waals surface area contributed by atoms with Crippen LogP contribution in [0.15, 0.2) is 146 Å². The molecule has 2 aliphatic carbocycles. The van der Waals surface area contributed by atoms with Gasteiger partial charge in [-0.05, 0) is 145 Å². The summed E-state index contributed by atoms with van der Waals surface area (Å²) in [4.78, 5) is 59.8. The summed E-state index contributed by atoms with van der Waals surface area (Å²) >= 11 is 0. The first-order valence-electron chi connectivity index (χ1n) is 23.7.